The Morgan fingerprint density at radius 2 is 1.89 bits per heavy atom. The minimum absolute atomic E-state index is 0.264. The van der Waals surface area contributed by atoms with Crippen LogP contribution in [0.4, 0.5) is 4.39 Å². The zero-order chi connectivity index (χ0) is 19.1. The van der Waals surface area contributed by atoms with Gasteiger partial charge in [-0.05, 0) is 53.7 Å². The second-order valence-electron chi connectivity index (χ2n) is 5.84. The highest BCUT2D eigenvalue weighted by molar-refractivity contribution is 7.80. The Balaban J connectivity index is 1.85. The molecule has 27 heavy (non-hydrogen) atoms. The van der Waals surface area contributed by atoms with Gasteiger partial charge in [-0.2, -0.15) is 5.10 Å². The average molecular weight is 381 g/mol. The number of hydrogen-bond acceptors (Lipinski definition) is 3. The van der Waals surface area contributed by atoms with Crippen LogP contribution in [0.3, 0.4) is 0 Å². The molecule has 0 atom stereocenters. The fourth-order valence-electron chi connectivity index (χ4n) is 2.63. The molecule has 0 spiro atoms. The quantitative estimate of drug-likeness (QED) is 0.378. The Kier molecular flexibility index (Phi) is 6.33. The summed E-state index contributed by atoms with van der Waals surface area (Å²) in [5.74, 6) is 0.429. The minimum Gasteiger partial charge on any atom is -0.488 e. The highest BCUT2D eigenvalue weighted by atomic mass is 32.1. The number of nitrogens with zero attached hydrogens (tertiary/aromatic N) is 1. The fourth-order valence-corrected chi connectivity index (χ4v) is 2.83. The molecule has 0 aliphatic heterocycles. The molecule has 4 nitrogen and oxygen atoms in total. The van der Waals surface area contributed by atoms with E-state index in [0.717, 1.165) is 28.4 Å². The summed E-state index contributed by atoms with van der Waals surface area (Å²) in [6, 6.07) is 18.2. The largest absolute Gasteiger partial charge is 0.488 e. The van der Waals surface area contributed by atoms with Crippen LogP contribution in [-0.4, -0.2) is 17.9 Å². The van der Waals surface area contributed by atoms with E-state index in [2.05, 4.69) is 15.8 Å². The number of fused-ring (bicyclic) bond motifs is 1. The number of benzene rings is 3. The third-order valence-corrected chi connectivity index (χ3v) is 4.17. The van der Waals surface area contributed by atoms with Crippen LogP contribution in [-0.2, 0) is 6.61 Å². The number of ether oxygens (including phenoxy) is 1. The molecule has 6 heteroatoms. The first kappa shape index (κ1) is 18.8. The van der Waals surface area contributed by atoms with E-state index in [0.29, 0.717) is 17.5 Å². The summed E-state index contributed by atoms with van der Waals surface area (Å²) in [5.41, 5.74) is 4.53. The van der Waals surface area contributed by atoms with E-state index in [9.17, 15) is 4.39 Å². The van der Waals surface area contributed by atoms with E-state index < -0.39 is 0 Å². The summed E-state index contributed by atoms with van der Waals surface area (Å²) in [6.07, 6.45) is 1.70. The van der Waals surface area contributed by atoms with Crippen LogP contribution in [0, 0.1) is 5.82 Å². The van der Waals surface area contributed by atoms with Crippen molar-refractivity contribution < 1.29 is 9.13 Å². The Hall–Kier alpha value is -2.99. The van der Waals surface area contributed by atoms with Gasteiger partial charge in [0, 0.05) is 12.1 Å². The van der Waals surface area contributed by atoms with Gasteiger partial charge in [0.25, 0.3) is 0 Å². The van der Waals surface area contributed by atoms with Crippen molar-refractivity contribution in [2.75, 3.05) is 6.54 Å². The van der Waals surface area contributed by atoms with E-state index in [1.807, 2.05) is 43.3 Å². The molecule has 0 amide bonds. The van der Waals surface area contributed by atoms with Gasteiger partial charge in [0.15, 0.2) is 5.11 Å². The standard InChI is InChI=1S/C21H20FN3OS/c1-2-23-21(27)25-24-13-19-18-6-4-3-5-16(18)9-12-20(19)26-14-15-7-10-17(22)11-8-15/h3-13H,2,14H2,1H3,(H2,23,25,27). The summed E-state index contributed by atoms with van der Waals surface area (Å²) >= 11 is 5.13. The molecule has 3 aromatic rings. The first-order valence-electron chi connectivity index (χ1n) is 8.63. The second-order valence-corrected chi connectivity index (χ2v) is 6.25. The molecule has 0 heterocycles. The molecule has 0 fully saturated rings. The number of nitrogens with one attached hydrogen (secondary N) is 2. The van der Waals surface area contributed by atoms with Gasteiger partial charge in [-0.3, -0.25) is 5.43 Å². The van der Waals surface area contributed by atoms with Crippen molar-refractivity contribution in [3.05, 3.63) is 77.6 Å². The van der Waals surface area contributed by atoms with E-state index >= 15 is 0 Å². The van der Waals surface area contributed by atoms with Crippen LogP contribution in [0.2, 0.25) is 0 Å². The van der Waals surface area contributed by atoms with Crippen LogP contribution in [0.1, 0.15) is 18.1 Å². The number of hydrazone groups is 1. The molecular weight excluding hydrogens is 361 g/mol. The number of hydrogen-bond donors (Lipinski definition) is 2. The predicted octanol–water partition coefficient (Wildman–Crippen LogP) is 4.38. The van der Waals surface area contributed by atoms with Crippen molar-refractivity contribution in [2.45, 2.75) is 13.5 Å². The maximum atomic E-state index is 13.1. The van der Waals surface area contributed by atoms with Crippen LogP contribution in [0.15, 0.2) is 65.8 Å². The summed E-state index contributed by atoms with van der Waals surface area (Å²) < 4.78 is 19.1. The van der Waals surface area contributed by atoms with Gasteiger partial charge in [0.05, 0.1) is 6.21 Å². The molecule has 0 saturated carbocycles. The van der Waals surface area contributed by atoms with Crippen LogP contribution >= 0.6 is 12.2 Å². The van der Waals surface area contributed by atoms with E-state index in [-0.39, 0.29) is 5.82 Å². The van der Waals surface area contributed by atoms with Crippen molar-refractivity contribution in [1.29, 1.82) is 0 Å². The second kappa shape index (κ2) is 9.09. The molecule has 0 aliphatic carbocycles. The van der Waals surface area contributed by atoms with Crippen molar-refractivity contribution >= 4 is 34.3 Å². The molecule has 0 aliphatic rings. The lowest BCUT2D eigenvalue weighted by atomic mass is 10.0. The third kappa shape index (κ3) is 5.01. The first-order chi connectivity index (χ1) is 13.2. The van der Waals surface area contributed by atoms with Crippen molar-refractivity contribution in [1.82, 2.24) is 10.7 Å². The number of thiocarbonyl (C=S) groups is 1. The van der Waals surface area contributed by atoms with E-state index in [1.165, 1.54) is 12.1 Å². The van der Waals surface area contributed by atoms with E-state index in [1.54, 1.807) is 18.3 Å². The van der Waals surface area contributed by atoms with Gasteiger partial charge in [0.1, 0.15) is 18.2 Å². The van der Waals surface area contributed by atoms with Gasteiger partial charge in [-0.15, -0.1) is 0 Å². The van der Waals surface area contributed by atoms with Gasteiger partial charge in [0.2, 0.25) is 0 Å². The average Bonchev–Trinajstić information content (AvgIpc) is 2.68. The molecule has 3 aromatic carbocycles. The SMILES string of the molecule is CCNC(=S)NN=Cc1c(OCc2ccc(F)cc2)ccc2ccccc12. The molecule has 0 unspecified atom stereocenters. The zero-order valence-electron chi connectivity index (χ0n) is 14.9. The maximum absolute atomic E-state index is 13.1. The highest BCUT2D eigenvalue weighted by Gasteiger charge is 2.08. The van der Waals surface area contributed by atoms with Gasteiger partial charge >= 0.3 is 0 Å². The Morgan fingerprint density at radius 3 is 2.67 bits per heavy atom. The van der Waals surface area contributed by atoms with Crippen LogP contribution in [0.25, 0.3) is 10.8 Å². The lowest BCUT2D eigenvalue weighted by Crippen LogP contribution is -2.31. The highest BCUT2D eigenvalue weighted by Crippen LogP contribution is 2.27. The topological polar surface area (TPSA) is 45.7 Å². The Bertz CT molecular complexity index is 957. The predicted molar refractivity (Wildman–Crippen MR) is 112 cm³/mol. The van der Waals surface area contributed by atoms with Crippen LogP contribution in [0.5, 0.6) is 5.75 Å². The Labute approximate surface area is 163 Å². The zero-order valence-corrected chi connectivity index (χ0v) is 15.7. The maximum Gasteiger partial charge on any atom is 0.186 e. The number of halogens is 1. The summed E-state index contributed by atoms with van der Waals surface area (Å²) in [7, 11) is 0. The molecule has 0 radical (unpaired) electrons. The fraction of sp³-hybridized carbons (Fsp3) is 0.143. The molecule has 2 N–H and O–H groups in total. The Morgan fingerprint density at radius 1 is 1.11 bits per heavy atom. The molecule has 138 valence electrons. The van der Waals surface area contributed by atoms with Crippen molar-refractivity contribution in [2.24, 2.45) is 5.10 Å². The molecule has 3 rings (SSSR count). The normalized spacial score (nSPS) is 10.9. The molecular formula is C21H20FN3OS. The molecule has 0 aromatic heterocycles. The summed E-state index contributed by atoms with van der Waals surface area (Å²) in [4.78, 5) is 0. The minimum atomic E-state index is -0.264. The number of rotatable bonds is 6. The van der Waals surface area contributed by atoms with E-state index in [4.69, 9.17) is 17.0 Å². The lowest BCUT2D eigenvalue weighted by molar-refractivity contribution is 0.306. The molecule has 0 bridgehead atoms. The van der Waals surface area contributed by atoms with Crippen molar-refractivity contribution in [3.8, 4) is 5.75 Å². The lowest BCUT2D eigenvalue weighted by Gasteiger charge is -2.12. The van der Waals surface area contributed by atoms with Gasteiger partial charge in [-0.25, -0.2) is 4.39 Å². The van der Waals surface area contributed by atoms with Gasteiger partial charge in [-0.1, -0.05) is 42.5 Å². The molecule has 0 saturated heterocycles. The third-order valence-electron chi connectivity index (χ3n) is 3.94. The smallest absolute Gasteiger partial charge is 0.186 e. The summed E-state index contributed by atoms with van der Waals surface area (Å²) in [5, 5.41) is 9.78. The van der Waals surface area contributed by atoms with Gasteiger partial charge < -0.3 is 10.1 Å². The summed E-state index contributed by atoms with van der Waals surface area (Å²) in [6.45, 7) is 3.02. The monoisotopic (exact) mass is 381 g/mol. The van der Waals surface area contributed by atoms with Crippen molar-refractivity contribution in [3.63, 3.8) is 0 Å². The van der Waals surface area contributed by atoms with Crippen LogP contribution < -0.4 is 15.5 Å². The first-order valence-corrected chi connectivity index (χ1v) is 9.04.